The molecule has 0 amide bonds. The van der Waals surface area contributed by atoms with E-state index in [0.29, 0.717) is 17.2 Å². The molecule has 1 heterocycles. The number of hydrogen-bond acceptors (Lipinski definition) is 6. The third-order valence-electron chi connectivity index (χ3n) is 5.33. The number of aryl methyl sites for hydroxylation is 1. The van der Waals surface area contributed by atoms with Crippen molar-refractivity contribution in [2.45, 2.75) is 52.5 Å². The smallest absolute Gasteiger partial charge is 0.488 e. The Labute approximate surface area is 218 Å². The van der Waals surface area contributed by atoms with Crippen LogP contribution >= 0.6 is 0 Å². The molecular weight excluding hydrogens is 508 g/mol. The van der Waals surface area contributed by atoms with Gasteiger partial charge in [0.2, 0.25) is 0 Å². The summed E-state index contributed by atoms with van der Waals surface area (Å²) >= 11 is 0. The lowest BCUT2D eigenvalue weighted by Gasteiger charge is -2.27. The maximum atomic E-state index is 13.5. The van der Waals surface area contributed by atoms with Crippen molar-refractivity contribution in [1.29, 1.82) is 0 Å². The second-order valence-electron chi connectivity index (χ2n) is 9.59. The summed E-state index contributed by atoms with van der Waals surface area (Å²) in [4.78, 5) is 8.16. The van der Waals surface area contributed by atoms with Gasteiger partial charge in [0, 0.05) is 16.8 Å². The average molecular weight is 539 g/mol. The molecule has 0 saturated carbocycles. The third kappa shape index (κ3) is 9.34. The molecule has 0 aliphatic heterocycles. The van der Waals surface area contributed by atoms with Gasteiger partial charge in [0.15, 0.2) is 0 Å². The Morgan fingerprint density at radius 2 is 1.63 bits per heavy atom. The quantitative estimate of drug-likeness (QED) is 0.262. The Hall–Kier alpha value is -3.09. The fraction of sp³-hybridized carbons (Fsp3) is 0.385. The first-order valence-corrected chi connectivity index (χ1v) is 11.8. The van der Waals surface area contributed by atoms with Crippen LogP contribution in [0.25, 0.3) is 11.3 Å². The average Bonchev–Trinajstić information content (AvgIpc) is 2.82. The zero-order valence-corrected chi connectivity index (χ0v) is 21.5. The van der Waals surface area contributed by atoms with Crippen molar-refractivity contribution in [1.82, 2.24) is 9.97 Å². The van der Waals surface area contributed by atoms with Crippen LogP contribution in [0.2, 0.25) is 0 Å². The minimum absolute atomic E-state index is 0.156. The van der Waals surface area contributed by atoms with Gasteiger partial charge in [0.25, 0.3) is 12.9 Å². The summed E-state index contributed by atoms with van der Waals surface area (Å²) in [7, 11) is -1.86. The normalized spacial score (nSPS) is 12.8. The van der Waals surface area contributed by atoms with E-state index in [1.807, 2.05) is 13.8 Å². The van der Waals surface area contributed by atoms with Crippen molar-refractivity contribution in [3.8, 4) is 17.0 Å². The number of halogens is 5. The van der Waals surface area contributed by atoms with E-state index in [2.05, 4.69) is 23.8 Å². The Morgan fingerprint density at radius 1 is 0.974 bits per heavy atom. The second kappa shape index (κ2) is 13.6. The number of alkyl halides is 4. The predicted octanol–water partition coefficient (Wildman–Crippen LogP) is 4.98. The third-order valence-corrected chi connectivity index (χ3v) is 5.33. The highest BCUT2D eigenvalue weighted by atomic mass is 19.3. The summed E-state index contributed by atoms with van der Waals surface area (Å²) in [6, 6.07) is 8.98. The van der Waals surface area contributed by atoms with Gasteiger partial charge in [-0.3, -0.25) is 0 Å². The molecule has 12 heteroatoms. The molecule has 0 saturated heterocycles. The molecule has 1 atom stereocenters. The Morgan fingerprint density at radius 3 is 2.18 bits per heavy atom. The number of rotatable bonds is 9. The van der Waals surface area contributed by atoms with Crippen molar-refractivity contribution in [3.63, 3.8) is 0 Å². The van der Waals surface area contributed by atoms with E-state index in [-0.39, 0.29) is 23.4 Å². The number of nitrogens with zero attached hydrogens (tertiary/aromatic N) is 2. The first-order chi connectivity index (χ1) is 17.7. The van der Waals surface area contributed by atoms with Crippen LogP contribution in [0.5, 0.6) is 5.75 Å². The predicted molar refractivity (Wildman–Crippen MR) is 136 cm³/mol. The molecule has 6 nitrogen and oxygen atoms in total. The monoisotopic (exact) mass is 539 g/mol. The molecule has 3 rings (SSSR count). The molecule has 1 aromatic heterocycles. The van der Waals surface area contributed by atoms with Gasteiger partial charge in [-0.1, -0.05) is 26.0 Å². The molecule has 0 radical (unpaired) electrons. The highest BCUT2D eigenvalue weighted by molar-refractivity contribution is 6.58. The molecule has 4 N–H and O–H groups in total. The van der Waals surface area contributed by atoms with Crippen LogP contribution in [0.15, 0.2) is 48.8 Å². The van der Waals surface area contributed by atoms with Gasteiger partial charge in [-0.05, 0) is 62.0 Å². The van der Waals surface area contributed by atoms with E-state index in [0.717, 1.165) is 30.3 Å². The number of benzene rings is 2. The molecule has 0 spiro atoms. The zero-order valence-electron chi connectivity index (χ0n) is 21.5. The maximum Gasteiger partial charge on any atom is 0.488 e. The molecule has 206 valence electrons. The first kappa shape index (κ1) is 31.1. The van der Waals surface area contributed by atoms with Crippen molar-refractivity contribution < 1.29 is 36.7 Å². The summed E-state index contributed by atoms with van der Waals surface area (Å²) in [6.45, 7) is 8.00. The summed E-state index contributed by atoms with van der Waals surface area (Å²) in [5, 5.41) is 17.2. The van der Waals surface area contributed by atoms with Crippen LogP contribution in [-0.4, -0.2) is 39.3 Å². The van der Waals surface area contributed by atoms with Crippen LogP contribution < -0.4 is 15.9 Å². The summed E-state index contributed by atoms with van der Waals surface area (Å²) in [6.07, 6.45) is -3.44. The molecule has 38 heavy (non-hydrogen) atoms. The van der Waals surface area contributed by atoms with Gasteiger partial charge in [-0.15, -0.1) is 0 Å². The molecule has 3 aromatic rings. The summed E-state index contributed by atoms with van der Waals surface area (Å²) in [5.74, 6) is -0.499. The van der Waals surface area contributed by atoms with Crippen LogP contribution in [0.4, 0.5) is 22.0 Å². The Balaban J connectivity index is 0.000000328. The Kier molecular flexibility index (Phi) is 11.2. The number of hydrogen-bond donors (Lipinski definition) is 3. The first-order valence-electron chi connectivity index (χ1n) is 11.8. The zero-order chi connectivity index (χ0) is 28.6. The number of ether oxygens (including phenoxy) is 1. The van der Waals surface area contributed by atoms with Gasteiger partial charge < -0.3 is 20.5 Å². The van der Waals surface area contributed by atoms with Crippen molar-refractivity contribution >= 4 is 12.6 Å². The maximum absolute atomic E-state index is 13.5. The van der Waals surface area contributed by atoms with Crippen LogP contribution in [0, 0.1) is 18.7 Å². The van der Waals surface area contributed by atoms with E-state index in [1.54, 1.807) is 18.2 Å². The van der Waals surface area contributed by atoms with Gasteiger partial charge in [-0.25, -0.2) is 31.9 Å². The van der Waals surface area contributed by atoms with Crippen LogP contribution in [-0.2, 0) is 0 Å². The molecule has 0 fully saturated rings. The lowest BCUT2D eigenvalue weighted by atomic mass is 9.79. The topological polar surface area (TPSA) is 101 Å². The molecular formula is C26H31BF5N3O3. The molecule has 2 aromatic carbocycles. The van der Waals surface area contributed by atoms with Gasteiger partial charge in [0.05, 0.1) is 16.8 Å². The Bertz CT molecular complexity index is 1200. The van der Waals surface area contributed by atoms with Gasteiger partial charge in [-0.2, -0.15) is 0 Å². The van der Waals surface area contributed by atoms with E-state index < -0.39 is 36.9 Å². The highest BCUT2D eigenvalue weighted by Crippen LogP contribution is 2.33. The van der Waals surface area contributed by atoms with Crippen LogP contribution in [0.1, 0.15) is 56.9 Å². The minimum Gasteiger partial charge on any atom is -0.491 e. The highest BCUT2D eigenvalue weighted by Gasteiger charge is 2.23. The van der Waals surface area contributed by atoms with Crippen molar-refractivity contribution in [2.24, 2.45) is 11.7 Å². The van der Waals surface area contributed by atoms with E-state index >= 15 is 0 Å². The SMILES string of the molecule is Cc1cc(-c2ccc(OC[C@@](C)(N)CC(C)C)c(C(F)F)c2)ncn1.OB(O)c1ccc(F)c(C(F)F)c1. The molecule has 0 bridgehead atoms. The standard InChI is InChI=1S/C19H25F2N3O.C7H6BF3O2/c1-12(2)9-19(4,22)10-25-17-6-5-14(8-15(17)18(20)21)16-7-13(3)23-11-24-16;9-6-2-1-4(8(12)13)3-5(6)7(10)11/h5-8,11-12,18H,9-10,22H2,1-4H3;1-3,7,12-13H/t19-;/m0./s1. The lowest BCUT2D eigenvalue weighted by molar-refractivity contribution is 0.140. The van der Waals surface area contributed by atoms with Crippen molar-refractivity contribution in [3.05, 3.63) is 71.4 Å². The molecule has 0 aliphatic rings. The summed E-state index contributed by atoms with van der Waals surface area (Å²) in [5.41, 5.74) is 6.46. The minimum atomic E-state index is -2.96. The van der Waals surface area contributed by atoms with Crippen LogP contribution in [0.3, 0.4) is 0 Å². The molecule has 0 unspecified atom stereocenters. The fourth-order valence-corrected chi connectivity index (χ4v) is 3.75. The fourth-order valence-electron chi connectivity index (χ4n) is 3.75. The van der Waals surface area contributed by atoms with Gasteiger partial charge >= 0.3 is 7.12 Å². The van der Waals surface area contributed by atoms with Gasteiger partial charge in [0.1, 0.15) is 24.5 Å². The summed E-state index contributed by atoms with van der Waals surface area (Å²) < 4.78 is 69.4. The molecule has 0 aliphatic carbocycles. The van der Waals surface area contributed by atoms with E-state index in [1.165, 1.54) is 12.4 Å². The van der Waals surface area contributed by atoms with Crippen molar-refractivity contribution in [2.75, 3.05) is 6.61 Å². The second-order valence-corrected chi connectivity index (χ2v) is 9.59. The van der Waals surface area contributed by atoms with E-state index in [9.17, 15) is 22.0 Å². The lowest BCUT2D eigenvalue weighted by Crippen LogP contribution is -2.43. The number of nitrogens with two attached hydrogens (primary N) is 1. The largest absolute Gasteiger partial charge is 0.491 e. The number of aromatic nitrogens is 2. The van der Waals surface area contributed by atoms with E-state index in [4.69, 9.17) is 20.5 Å².